The van der Waals surface area contributed by atoms with Gasteiger partial charge in [-0.2, -0.15) is 5.06 Å². The van der Waals surface area contributed by atoms with Crippen LogP contribution in [-0.4, -0.2) is 73.7 Å². The van der Waals surface area contributed by atoms with E-state index in [1.807, 2.05) is 61.0 Å². The topological polar surface area (TPSA) is 92.7 Å². The summed E-state index contributed by atoms with van der Waals surface area (Å²) in [5.74, 6) is 0.692. The molecule has 38 heavy (non-hydrogen) atoms. The highest BCUT2D eigenvalue weighted by atomic mass is 19.2. The molecule has 0 spiro atoms. The SMILES string of the molecule is CCN1CC(NC=O)CO1.CNc1c(C)c(OCC2CNC2)nn1-c1ccccc1.Fc1ccccc1F. The molecule has 2 aliphatic heterocycles. The van der Waals surface area contributed by atoms with Crippen LogP contribution in [0.1, 0.15) is 12.5 Å². The minimum absolute atomic E-state index is 0.178. The van der Waals surface area contributed by atoms with Gasteiger partial charge in [0.1, 0.15) is 5.82 Å². The third-order valence-corrected chi connectivity index (χ3v) is 6.00. The van der Waals surface area contributed by atoms with E-state index in [0.717, 1.165) is 62.0 Å². The molecular weight excluding hydrogens is 494 g/mol. The zero-order valence-corrected chi connectivity index (χ0v) is 22.0. The summed E-state index contributed by atoms with van der Waals surface area (Å²) in [7, 11) is 1.91. The van der Waals surface area contributed by atoms with Crippen molar-refractivity contribution in [2.24, 2.45) is 5.92 Å². The fraction of sp³-hybridized carbons (Fsp3) is 0.407. The van der Waals surface area contributed by atoms with Gasteiger partial charge in [-0.3, -0.25) is 9.63 Å². The van der Waals surface area contributed by atoms with E-state index in [-0.39, 0.29) is 6.04 Å². The molecule has 3 aromatic rings. The van der Waals surface area contributed by atoms with E-state index in [4.69, 9.17) is 9.57 Å². The van der Waals surface area contributed by atoms with E-state index in [9.17, 15) is 13.6 Å². The Balaban J connectivity index is 0.000000185. The molecule has 206 valence electrons. The van der Waals surface area contributed by atoms with E-state index >= 15 is 0 Å². The largest absolute Gasteiger partial charge is 0.476 e. The van der Waals surface area contributed by atoms with Crippen molar-refractivity contribution in [2.75, 3.05) is 51.8 Å². The molecule has 0 radical (unpaired) electrons. The molecule has 1 amide bonds. The smallest absolute Gasteiger partial charge is 0.238 e. The maximum Gasteiger partial charge on any atom is 0.238 e. The highest BCUT2D eigenvalue weighted by Crippen LogP contribution is 2.28. The van der Waals surface area contributed by atoms with Crippen LogP contribution in [-0.2, 0) is 9.63 Å². The molecule has 9 nitrogen and oxygen atoms in total. The highest BCUT2D eigenvalue weighted by molar-refractivity contribution is 5.54. The predicted molar refractivity (Wildman–Crippen MR) is 142 cm³/mol. The number of ether oxygens (including phenoxy) is 1. The van der Waals surface area contributed by atoms with Gasteiger partial charge in [-0.25, -0.2) is 13.5 Å². The van der Waals surface area contributed by atoms with Crippen LogP contribution in [0.2, 0.25) is 0 Å². The van der Waals surface area contributed by atoms with Crippen LogP contribution in [0, 0.1) is 24.5 Å². The average molecular weight is 531 g/mol. The lowest BCUT2D eigenvalue weighted by Gasteiger charge is -2.26. The predicted octanol–water partition coefficient (Wildman–Crippen LogP) is 3.15. The number of amides is 1. The third-order valence-electron chi connectivity index (χ3n) is 6.00. The van der Waals surface area contributed by atoms with Crippen LogP contribution >= 0.6 is 0 Å². The lowest BCUT2D eigenvalue weighted by molar-refractivity contribution is -0.110. The van der Waals surface area contributed by atoms with E-state index in [0.29, 0.717) is 24.8 Å². The first kappa shape index (κ1) is 29.0. The van der Waals surface area contributed by atoms with Gasteiger partial charge in [0.2, 0.25) is 12.3 Å². The Bertz CT molecular complexity index is 1110. The first-order valence-corrected chi connectivity index (χ1v) is 12.6. The Morgan fingerprint density at radius 2 is 1.79 bits per heavy atom. The minimum atomic E-state index is -0.799. The number of carbonyl (C=O) groups is 1. The van der Waals surface area contributed by atoms with Crippen LogP contribution in [0.25, 0.3) is 5.69 Å². The zero-order valence-electron chi connectivity index (χ0n) is 22.0. The highest BCUT2D eigenvalue weighted by Gasteiger charge is 2.21. The molecule has 2 fully saturated rings. The van der Waals surface area contributed by atoms with Gasteiger partial charge in [-0.15, -0.1) is 5.10 Å². The van der Waals surface area contributed by atoms with E-state index in [1.54, 1.807) is 0 Å². The van der Waals surface area contributed by atoms with Crippen LogP contribution < -0.4 is 20.7 Å². The summed E-state index contributed by atoms with van der Waals surface area (Å²) in [6.45, 7) is 9.13. The van der Waals surface area contributed by atoms with Crippen molar-refractivity contribution >= 4 is 12.2 Å². The van der Waals surface area contributed by atoms with Crippen molar-refractivity contribution in [3.8, 4) is 11.6 Å². The molecule has 0 bridgehead atoms. The van der Waals surface area contributed by atoms with Crippen LogP contribution in [0.3, 0.4) is 0 Å². The molecular formula is C27H36F2N6O3. The molecule has 2 saturated heterocycles. The maximum atomic E-state index is 11.9. The lowest BCUT2D eigenvalue weighted by Crippen LogP contribution is -2.45. The number of likely N-dealkylation sites (N-methyl/N-ethyl adjacent to an activating group) is 1. The van der Waals surface area contributed by atoms with E-state index in [1.165, 1.54) is 12.1 Å². The number of para-hydroxylation sites is 1. The Hall–Kier alpha value is -3.54. The standard InChI is InChI=1S/C15H20N4O.C6H4F2.C6H12N2O2/c1-11-14(16-2)19(13-6-4-3-5-7-13)18-15(11)20-10-12-8-17-9-12;7-5-3-1-2-4-6(5)8;1-2-8-3-6(4-10-8)7-5-9/h3-7,12,16-17H,8-10H2,1-2H3;1-4H;5-6H,2-4H2,1H3,(H,7,9). The summed E-state index contributed by atoms with van der Waals surface area (Å²) in [5, 5.41) is 15.5. The number of nitrogens with one attached hydrogen (secondary N) is 3. The normalized spacial score (nSPS) is 16.8. The summed E-state index contributed by atoms with van der Waals surface area (Å²) < 4.78 is 31.7. The Morgan fingerprint density at radius 1 is 1.13 bits per heavy atom. The lowest BCUT2D eigenvalue weighted by atomic mass is 10.1. The van der Waals surface area contributed by atoms with E-state index in [2.05, 4.69) is 21.0 Å². The van der Waals surface area contributed by atoms with Gasteiger partial charge in [0.15, 0.2) is 11.6 Å². The van der Waals surface area contributed by atoms with Gasteiger partial charge in [0.25, 0.3) is 0 Å². The number of benzene rings is 2. The molecule has 3 heterocycles. The summed E-state index contributed by atoms with van der Waals surface area (Å²) in [5.41, 5.74) is 2.07. The van der Waals surface area contributed by atoms with Gasteiger partial charge in [0, 0.05) is 39.1 Å². The van der Waals surface area contributed by atoms with E-state index < -0.39 is 11.6 Å². The van der Waals surface area contributed by atoms with Crippen molar-refractivity contribution < 1.29 is 23.1 Å². The molecule has 1 atom stereocenters. The van der Waals surface area contributed by atoms with Crippen molar-refractivity contribution in [1.82, 2.24) is 25.5 Å². The molecule has 0 aliphatic carbocycles. The molecule has 5 rings (SSSR count). The first-order valence-electron chi connectivity index (χ1n) is 12.6. The van der Waals surface area contributed by atoms with Crippen LogP contribution in [0.15, 0.2) is 54.6 Å². The van der Waals surface area contributed by atoms with Gasteiger partial charge in [-0.1, -0.05) is 37.3 Å². The summed E-state index contributed by atoms with van der Waals surface area (Å²) in [4.78, 5) is 15.1. The first-order chi connectivity index (χ1) is 18.5. The van der Waals surface area contributed by atoms with Crippen molar-refractivity contribution in [3.63, 3.8) is 0 Å². The van der Waals surface area contributed by atoms with Gasteiger partial charge in [0.05, 0.1) is 30.5 Å². The number of hydrogen-bond acceptors (Lipinski definition) is 7. The number of nitrogens with zero attached hydrogens (tertiary/aromatic N) is 3. The molecule has 2 aliphatic rings. The van der Waals surface area contributed by atoms with Gasteiger partial charge < -0.3 is 20.7 Å². The van der Waals surface area contributed by atoms with Crippen molar-refractivity contribution in [2.45, 2.75) is 19.9 Å². The van der Waals surface area contributed by atoms with Gasteiger partial charge in [-0.05, 0) is 31.2 Å². The number of aromatic nitrogens is 2. The third kappa shape index (κ3) is 8.23. The zero-order chi connectivity index (χ0) is 27.3. The Kier molecular flexibility index (Phi) is 11.5. The summed E-state index contributed by atoms with van der Waals surface area (Å²) >= 11 is 0. The van der Waals surface area contributed by atoms with Crippen molar-refractivity contribution in [3.05, 3.63) is 71.8 Å². The maximum absolute atomic E-state index is 11.9. The second-order valence-corrected chi connectivity index (χ2v) is 8.78. The molecule has 1 unspecified atom stereocenters. The number of anilines is 1. The molecule has 11 heteroatoms. The average Bonchev–Trinajstić information content (AvgIpc) is 3.50. The van der Waals surface area contributed by atoms with Crippen LogP contribution in [0.5, 0.6) is 5.88 Å². The fourth-order valence-electron chi connectivity index (χ4n) is 3.73. The van der Waals surface area contributed by atoms with Crippen LogP contribution in [0.4, 0.5) is 14.6 Å². The second kappa shape index (κ2) is 15.0. The monoisotopic (exact) mass is 530 g/mol. The summed E-state index contributed by atoms with van der Waals surface area (Å²) in [6.07, 6.45) is 0.715. The van der Waals surface area contributed by atoms with Crippen molar-refractivity contribution in [1.29, 1.82) is 0 Å². The Morgan fingerprint density at radius 3 is 2.29 bits per heavy atom. The molecule has 0 saturated carbocycles. The quantitative estimate of drug-likeness (QED) is 0.386. The Labute approximate surface area is 222 Å². The summed E-state index contributed by atoms with van der Waals surface area (Å²) in [6, 6.07) is 15.3. The van der Waals surface area contributed by atoms with Gasteiger partial charge >= 0.3 is 0 Å². The number of carbonyl (C=O) groups excluding carboxylic acids is 1. The molecule has 3 N–H and O–H groups in total. The second-order valence-electron chi connectivity index (χ2n) is 8.78. The number of hydrogen-bond donors (Lipinski definition) is 3. The molecule has 2 aromatic carbocycles. The minimum Gasteiger partial charge on any atom is -0.476 e. The number of hydroxylamine groups is 2. The number of halogens is 2. The number of rotatable bonds is 8. The fourth-order valence-corrected chi connectivity index (χ4v) is 3.73. The molecule has 1 aromatic heterocycles.